The first-order valence-electron chi connectivity index (χ1n) is 7.22. The number of Topliss-reactive ketones (excluding diaryl/α,β-unsaturated/α-hetero) is 1. The summed E-state index contributed by atoms with van der Waals surface area (Å²) in [5.41, 5.74) is 0.826. The summed E-state index contributed by atoms with van der Waals surface area (Å²) in [5.74, 6) is 0.243. The number of ether oxygens (including phenoxy) is 1. The molecule has 3 heteroatoms. The van der Waals surface area contributed by atoms with Crippen molar-refractivity contribution >= 4 is 5.78 Å². The second-order valence-corrected chi connectivity index (χ2v) is 5.04. The highest BCUT2D eigenvalue weighted by molar-refractivity contribution is 5.96. The molecule has 1 saturated heterocycles. The van der Waals surface area contributed by atoms with E-state index >= 15 is 0 Å². The van der Waals surface area contributed by atoms with Gasteiger partial charge in [0, 0.05) is 38.2 Å². The van der Waals surface area contributed by atoms with Gasteiger partial charge in [-0.3, -0.25) is 4.79 Å². The van der Waals surface area contributed by atoms with Gasteiger partial charge in [-0.05, 0) is 19.8 Å². The van der Waals surface area contributed by atoms with E-state index in [2.05, 4.69) is 4.90 Å². The Morgan fingerprint density at radius 3 is 2.58 bits per heavy atom. The first-order chi connectivity index (χ1) is 9.29. The van der Waals surface area contributed by atoms with E-state index in [1.807, 2.05) is 37.3 Å². The standard InChI is InChI=1S/C16H23NO2/c1-2-19-15-8-11-17(12-9-15)13-10-16(18)14-6-4-3-5-7-14/h3-7,15H,2,8-13H2,1H3. The van der Waals surface area contributed by atoms with Crippen LogP contribution in [0.25, 0.3) is 0 Å². The topological polar surface area (TPSA) is 29.5 Å². The number of carbonyl (C=O) groups excluding carboxylic acids is 1. The number of rotatable bonds is 6. The van der Waals surface area contributed by atoms with Gasteiger partial charge in [0.2, 0.25) is 0 Å². The smallest absolute Gasteiger partial charge is 0.164 e. The number of ketones is 1. The minimum atomic E-state index is 0.243. The minimum Gasteiger partial charge on any atom is -0.378 e. The molecular formula is C16H23NO2. The summed E-state index contributed by atoms with van der Waals surface area (Å²) in [5, 5.41) is 0. The Balaban J connectivity index is 1.71. The molecule has 1 aromatic rings. The lowest BCUT2D eigenvalue weighted by molar-refractivity contribution is 0.0143. The molecule has 2 rings (SSSR count). The van der Waals surface area contributed by atoms with Crippen LogP contribution in [0, 0.1) is 0 Å². The third-order valence-corrected chi connectivity index (χ3v) is 3.69. The van der Waals surface area contributed by atoms with Gasteiger partial charge in [0.15, 0.2) is 5.78 Å². The van der Waals surface area contributed by atoms with Crippen molar-refractivity contribution in [2.24, 2.45) is 0 Å². The van der Waals surface area contributed by atoms with Crippen molar-refractivity contribution in [3.8, 4) is 0 Å². The van der Waals surface area contributed by atoms with Gasteiger partial charge in [-0.25, -0.2) is 0 Å². The number of benzene rings is 1. The first-order valence-corrected chi connectivity index (χ1v) is 7.22. The van der Waals surface area contributed by atoms with Crippen molar-refractivity contribution in [1.82, 2.24) is 4.90 Å². The van der Waals surface area contributed by atoms with E-state index in [0.29, 0.717) is 12.5 Å². The van der Waals surface area contributed by atoms with Gasteiger partial charge in [-0.15, -0.1) is 0 Å². The van der Waals surface area contributed by atoms with E-state index in [9.17, 15) is 4.79 Å². The highest BCUT2D eigenvalue weighted by Crippen LogP contribution is 2.14. The van der Waals surface area contributed by atoms with Crippen LogP contribution < -0.4 is 0 Å². The van der Waals surface area contributed by atoms with Gasteiger partial charge in [0.25, 0.3) is 0 Å². The van der Waals surface area contributed by atoms with Crippen molar-refractivity contribution in [2.45, 2.75) is 32.3 Å². The van der Waals surface area contributed by atoms with Crippen LogP contribution in [-0.4, -0.2) is 43.0 Å². The maximum absolute atomic E-state index is 12.0. The molecule has 0 saturated carbocycles. The summed E-state index contributed by atoms with van der Waals surface area (Å²) in [6.07, 6.45) is 3.22. The van der Waals surface area contributed by atoms with Crippen LogP contribution in [-0.2, 0) is 4.74 Å². The molecule has 3 nitrogen and oxygen atoms in total. The van der Waals surface area contributed by atoms with Crippen LogP contribution in [0.15, 0.2) is 30.3 Å². The van der Waals surface area contributed by atoms with Crippen LogP contribution in [0.5, 0.6) is 0 Å². The van der Waals surface area contributed by atoms with Crippen LogP contribution in [0.3, 0.4) is 0 Å². The second-order valence-electron chi connectivity index (χ2n) is 5.04. The van der Waals surface area contributed by atoms with Crippen LogP contribution in [0.4, 0.5) is 0 Å². The summed E-state index contributed by atoms with van der Waals surface area (Å²) in [6, 6.07) is 9.56. The van der Waals surface area contributed by atoms with Crippen LogP contribution in [0.1, 0.15) is 36.5 Å². The highest BCUT2D eigenvalue weighted by atomic mass is 16.5. The van der Waals surface area contributed by atoms with Gasteiger partial charge in [0.1, 0.15) is 0 Å². The predicted molar refractivity (Wildman–Crippen MR) is 76.5 cm³/mol. The molecule has 0 unspecified atom stereocenters. The molecule has 1 fully saturated rings. The van der Waals surface area contributed by atoms with Crippen molar-refractivity contribution in [1.29, 1.82) is 0 Å². The molecule has 104 valence electrons. The number of nitrogens with zero attached hydrogens (tertiary/aromatic N) is 1. The lowest BCUT2D eigenvalue weighted by Gasteiger charge is -2.31. The van der Waals surface area contributed by atoms with Gasteiger partial charge < -0.3 is 9.64 Å². The lowest BCUT2D eigenvalue weighted by atomic mass is 10.1. The third-order valence-electron chi connectivity index (χ3n) is 3.69. The Labute approximate surface area is 115 Å². The zero-order valence-corrected chi connectivity index (χ0v) is 11.7. The maximum Gasteiger partial charge on any atom is 0.164 e. The normalized spacial score (nSPS) is 17.5. The van der Waals surface area contributed by atoms with Crippen molar-refractivity contribution in [3.05, 3.63) is 35.9 Å². The van der Waals surface area contributed by atoms with Gasteiger partial charge in [0.05, 0.1) is 6.10 Å². The first kappa shape index (κ1) is 14.2. The summed E-state index contributed by atoms with van der Waals surface area (Å²) in [4.78, 5) is 14.4. The van der Waals surface area contributed by atoms with Crippen molar-refractivity contribution in [2.75, 3.05) is 26.2 Å². The minimum absolute atomic E-state index is 0.243. The molecule has 0 radical (unpaired) electrons. The van der Waals surface area contributed by atoms with E-state index in [1.165, 1.54) is 0 Å². The number of piperidine rings is 1. The molecule has 1 aliphatic rings. The number of carbonyl (C=O) groups is 1. The van der Waals surface area contributed by atoms with Crippen molar-refractivity contribution in [3.63, 3.8) is 0 Å². The predicted octanol–water partition coefficient (Wildman–Crippen LogP) is 2.76. The Bertz CT molecular complexity index is 383. The number of likely N-dealkylation sites (tertiary alicyclic amines) is 1. The van der Waals surface area contributed by atoms with E-state index in [0.717, 1.165) is 44.6 Å². The molecular weight excluding hydrogens is 238 g/mol. The fourth-order valence-corrected chi connectivity index (χ4v) is 2.56. The molecule has 0 amide bonds. The summed E-state index contributed by atoms with van der Waals surface area (Å²) < 4.78 is 5.63. The van der Waals surface area contributed by atoms with Gasteiger partial charge >= 0.3 is 0 Å². The van der Waals surface area contributed by atoms with Gasteiger partial charge in [-0.2, -0.15) is 0 Å². The molecule has 1 aromatic carbocycles. The molecule has 0 N–H and O–H groups in total. The fraction of sp³-hybridized carbons (Fsp3) is 0.562. The Morgan fingerprint density at radius 2 is 1.95 bits per heavy atom. The molecule has 1 heterocycles. The molecule has 0 atom stereocenters. The van der Waals surface area contributed by atoms with E-state index in [-0.39, 0.29) is 5.78 Å². The number of hydrogen-bond donors (Lipinski definition) is 0. The molecule has 0 bridgehead atoms. The Kier molecular flexibility index (Phi) is 5.55. The van der Waals surface area contributed by atoms with Crippen molar-refractivity contribution < 1.29 is 9.53 Å². The number of hydrogen-bond acceptors (Lipinski definition) is 3. The van der Waals surface area contributed by atoms with Crippen LogP contribution in [0.2, 0.25) is 0 Å². The third kappa shape index (κ3) is 4.44. The second kappa shape index (κ2) is 7.41. The summed E-state index contributed by atoms with van der Waals surface area (Å²) in [7, 11) is 0. The maximum atomic E-state index is 12.0. The lowest BCUT2D eigenvalue weighted by Crippen LogP contribution is -2.38. The van der Waals surface area contributed by atoms with E-state index in [1.54, 1.807) is 0 Å². The monoisotopic (exact) mass is 261 g/mol. The quantitative estimate of drug-likeness (QED) is 0.737. The summed E-state index contributed by atoms with van der Waals surface area (Å²) >= 11 is 0. The molecule has 1 aliphatic heterocycles. The average molecular weight is 261 g/mol. The Hall–Kier alpha value is -1.19. The van der Waals surface area contributed by atoms with Gasteiger partial charge in [-0.1, -0.05) is 30.3 Å². The summed E-state index contributed by atoms with van der Waals surface area (Å²) in [6.45, 7) is 5.81. The molecule has 0 aliphatic carbocycles. The SMILES string of the molecule is CCOC1CCN(CCC(=O)c2ccccc2)CC1. The van der Waals surface area contributed by atoms with E-state index < -0.39 is 0 Å². The average Bonchev–Trinajstić information content (AvgIpc) is 2.47. The molecule has 19 heavy (non-hydrogen) atoms. The zero-order chi connectivity index (χ0) is 13.5. The van der Waals surface area contributed by atoms with E-state index in [4.69, 9.17) is 4.74 Å². The largest absolute Gasteiger partial charge is 0.378 e. The molecule has 0 spiro atoms. The zero-order valence-electron chi connectivity index (χ0n) is 11.7. The van der Waals surface area contributed by atoms with Crippen LogP contribution >= 0.6 is 0 Å². The molecule has 0 aromatic heterocycles. The Morgan fingerprint density at radius 1 is 1.26 bits per heavy atom. The highest BCUT2D eigenvalue weighted by Gasteiger charge is 2.19. The fourth-order valence-electron chi connectivity index (χ4n) is 2.56.